The van der Waals surface area contributed by atoms with E-state index in [1.54, 1.807) is 21.3 Å². The number of ketones is 1. The Bertz CT molecular complexity index is 1360. The molecule has 2 heterocycles. The van der Waals surface area contributed by atoms with Gasteiger partial charge in [0.2, 0.25) is 5.75 Å². The molecule has 0 saturated carbocycles. The molecule has 7 heteroatoms. The van der Waals surface area contributed by atoms with Crippen molar-refractivity contribution >= 4 is 11.6 Å². The Morgan fingerprint density at radius 1 is 0.972 bits per heavy atom. The molecule has 0 spiro atoms. The van der Waals surface area contributed by atoms with E-state index in [-0.39, 0.29) is 17.1 Å². The largest absolute Gasteiger partial charge is 0.493 e. The summed E-state index contributed by atoms with van der Waals surface area (Å²) in [5.41, 5.74) is 6.51. The Morgan fingerprint density at radius 2 is 1.61 bits per heavy atom. The van der Waals surface area contributed by atoms with Gasteiger partial charge in [-0.05, 0) is 55.5 Å². The van der Waals surface area contributed by atoms with Crippen LogP contribution in [0.1, 0.15) is 55.0 Å². The number of allylic oxidation sites excluding steroid dienone is 2. The zero-order valence-corrected chi connectivity index (χ0v) is 22.0. The van der Waals surface area contributed by atoms with E-state index in [0.717, 1.165) is 46.0 Å². The number of nitrogens with one attached hydrogen (secondary N) is 1. The Morgan fingerprint density at radius 3 is 2.19 bits per heavy atom. The molecule has 0 saturated heterocycles. The second kappa shape index (κ2) is 8.73. The number of hydrogen-bond donors (Lipinski definition) is 1. The van der Waals surface area contributed by atoms with Gasteiger partial charge in [0, 0.05) is 29.2 Å². The first-order valence-corrected chi connectivity index (χ1v) is 12.2. The van der Waals surface area contributed by atoms with Crippen molar-refractivity contribution in [2.45, 2.75) is 46.5 Å². The molecule has 1 aliphatic carbocycles. The molecule has 3 aromatic rings. The molecule has 0 amide bonds. The molecular weight excluding hydrogens is 454 g/mol. The summed E-state index contributed by atoms with van der Waals surface area (Å²) in [4.78, 5) is 13.7. The normalized spacial score (nSPS) is 18.3. The topological polar surface area (TPSA) is 74.6 Å². The van der Waals surface area contributed by atoms with Crippen LogP contribution < -0.4 is 19.5 Å². The maximum Gasteiger partial charge on any atom is 0.203 e. The van der Waals surface area contributed by atoms with Gasteiger partial charge in [-0.2, -0.15) is 5.10 Å². The second-order valence-corrected chi connectivity index (χ2v) is 10.4. The molecule has 2 aromatic carbocycles. The lowest BCUT2D eigenvalue weighted by Crippen LogP contribution is -2.34. The third-order valence-corrected chi connectivity index (χ3v) is 7.17. The van der Waals surface area contributed by atoms with Gasteiger partial charge < -0.3 is 19.5 Å². The van der Waals surface area contributed by atoms with Gasteiger partial charge in [0.05, 0.1) is 32.7 Å². The van der Waals surface area contributed by atoms with Gasteiger partial charge in [-0.25, -0.2) is 4.68 Å². The van der Waals surface area contributed by atoms with Crippen LogP contribution in [0.15, 0.2) is 47.7 Å². The van der Waals surface area contributed by atoms with Gasteiger partial charge >= 0.3 is 0 Å². The number of methoxy groups -OCH3 is 3. The Balaban J connectivity index is 1.78. The van der Waals surface area contributed by atoms with Crippen molar-refractivity contribution in [2.75, 3.05) is 26.6 Å². The van der Waals surface area contributed by atoms with E-state index in [4.69, 9.17) is 19.3 Å². The van der Waals surface area contributed by atoms with Crippen LogP contribution in [0, 0.1) is 19.3 Å². The van der Waals surface area contributed by atoms with Gasteiger partial charge in [0.1, 0.15) is 5.82 Å². The number of carbonyl (C=O) groups is 1. The summed E-state index contributed by atoms with van der Waals surface area (Å²) in [5, 5.41) is 8.57. The van der Waals surface area contributed by atoms with E-state index in [0.29, 0.717) is 23.7 Å². The zero-order chi connectivity index (χ0) is 25.8. The number of benzene rings is 2. The van der Waals surface area contributed by atoms with Gasteiger partial charge in [-0.15, -0.1) is 0 Å². The fourth-order valence-corrected chi connectivity index (χ4v) is 5.55. The minimum Gasteiger partial charge on any atom is -0.493 e. The second-order valence-electron chi connectivity index (χ2n) is 10.4. The van der Waals surface area contributed by atoms with E-state index >= 15 is 0 Å². The van der Waals surface area contributed by atoms with Gasteiger partial charge in [-0.3, -0.25) is 4.79 Å². The number of nitrogens with zero attached hydrogens (tertiary/aromatic N) is 2. The number of aryl methyl sites for hydroxylation is 2. The molecule has 2 aliphatic rings. The van der Waals surface area contributed by atoms with Crippen molar-refractivity contribution in [2.24, 2.45) is 5.41 Å². The summed E-state index contributed by atoms with van der Waals surface area (Å²) < 4.78 is 18.8. The first-order valence-electron chi connectivity index (χ1n) is 12.2. The van der Waals surface area contributed by atoms with Gasteiger partial charge in [0.15, 0.2) is 17.3 Å². The number of carbonyl (C=O) groups excluding carboxylic acids is 1. The fourth-order valence-electron chi connectivity index (χ4n) is 5.55. The van der Waals surface area contributed by atoms with Crippen LogP contribution in [-0.2, 0) is 4.79 Å². The van der Waals surface area contributed by atoms with Crippen LogP contribution in [0.5, 0.6) is 17.2 Å². The number of hydrogen-bond acceptors (Lipinski definition) is 6. The fraction of sp³-hybridized carbons (Fsp3) is 0.379. The van der Waals surface area contributed by atoms with Crippen LogP contribution in [0.2, 0.25) is 0 Å². The van der Waals surface area contributed by atoms with Crippen LogP contribution in [-0.4, -0.2) is 36.9 Å². The molecule has 1 atom stereocenters. The average Bonchev–Trinajstić information content (AvgIpc) is 3.17. The highest BCUT2D eigenvalue weighted by molar-refractivity contribution is 6.01. The number of aromatic nitrogens is 2. The van der Waals surface area contributed by atoms with Crippen molar-refractivity contribution < 1.29 is 19.0 Å². The molecule has 0 radical (unpaired) electrons. The van der Waals surface area contributed by atoms with Crippen molar-refractivity contribution in [3.63, 3.8) is 0 Å². The van der Waals surface area contributed by atoms with Crippen molar-refractivity contribution in [3.8, 4) is 22.9 Å². The van der Waals surface area contributed by atoms with Crippen LogP contribution in [0.25, 0.3) is 5.69 Å². The van der Waals surface area contributed by atoms with Crippen molar-refractivity contribution in [1.82, 2.24) is 9.78 Å². The van der Waals surface area contributed by atoms with Gasteiger partial charge in [-0.1, -0.05) is 31.5 Å². The first kappa shape index (κ1) is 24.0. The predicted octanol–water partition coefficient (Wildman–Crippen LogP) is 5.72. The molecule has 1 N–H and O–H groups in total. The molecule has 5 rings (SSSR count). The third kappa shape index (κ3) is 3.83. The quantitative estimate of drug-likeness (QED) is 0.497. The minimum atomic E-state index is -0.312. The van der Waals surface area contributed by atoms with Crippen molar-refractivity contribution in [3.05, 3.63) is 70.1 Å². The lowest BCUT2D eigenvalue weighted by atomic mass is 9.69. The van der Waals surface area contributed by atoms with E-state index in [1.165, 1.54) is 5.56 Å². The lowest BCUT2D eigenvalue weighted by Gasteiger charge is -2.39. The number of rotatable bonds is 5. The van der Waals surface area contributed by atoms with E-state index < -0.39 is 0 Å². The lowest BCUT2D eigenvalue weighted by molar-refractivity contribution is -0.118. The summed E-state index contributed by atoms with van der Waals surface area (Å²) in [6.45, 7) is 8.35. The highest BCUT2D eigenvalue weighted by Gasteiger charge is 2.43. The van der Waals surface area contributed by atoms with Crippen LogP contribution in [0.4, 0.5) is 5.82 Å². The summed E-state index contributed by atoms with van der Waals surface area (Å²) in [5.74, 6) is 2.37. The maximum absolute atomic E-state index is 13.7. The Labute approximate surface area is 212 Å². The summed E-state index contributed by atoms with van der Waals surface area (Å²) in [6.07, 6.45) is 1.27. The minimum absolute atomic E-state index is 0.135. The summed E-state index contributed by atoms with van der Waals surface area (Å²) in [7, 11) is 4.80. The first-order chi connectivity index (χ1) is 17.2. The number of Topliss-reactive ketones (excluding diaryl/α,β-unsaturated/α-hetero) is 1. The standard InChI is InChI=1S/C29H33N3O4/c1-16-8-10-19(11-9-16)32-28-24(17(2)31-32)25(26-20(30-28)14-29(3,4)15-21(26)33)18-12-22(34-5)27(36-7)23(13-18)35-6/h8-13,25,30H,14-15H2,1-7H3/t25-/m0/s1. The molecular formula is C29H33N3O4. The highest BCUT2D eigenvalue weighted by Crippen LogP contribution is 2.52. The van der Waals surface area contributed by atoms with Crippen LogP contribution >= 0.6 is 0 Å². The Kier molecular flexibility index (Phi) is 5.81. The molecule has 1 aliphatic heterocycles. The van der Waals surface area contributed by atoms with Crippen molar-refractivity contribution in [1.29, 1.82) is 0 Å². The maximum atomic E-state index is 13.7. The molecule has 36 heavy (non-hydrogen) atoms. The molecule has 188 valence electrons. The van der Waals surface area contributed by atoms with Crippen LogP contribution in [0.3, 0.4) is 0 Å². The Hall–Kier alpha value is -3.74. The number of anilines is 1. The smallest absolute Gasteiger partial charge is 0.203 e. The van der Waals surface area contributed by atoms with E-state index in [2.05, 4.69) is 50.4 Å². The SMILES string of the molecule is COc1cc([C@@H]2C3=C(CC(C)(C)CC3=O)Nc3c2c(C)nn3-c2ccc(C)cc2)cc(OC)c1OC. The number of fused-ring (bicyclic) bond motifs is 1. The van der Waals surface area contributed by atoms with Gasteiger partial charge in [0.25, 0.3) is 0 Å². The molecule has 0 fully saturated rings. The molecule has 0 bridgehead atoms. The summed E-state index contributed by atoms with van der Waals surface area (Å²) >= 11 is 0. The predicted molar refractivity (Wildman–Crippen MR) is 140 cm³/mol. The number of ether oxygens (including phenoxy) is 3. The summed E-state index contributed by atoms with van der Waals surface area (Å²) in [6, 6.07) is 12.2. The monoisotopic (exact) mass is 487 g/mol. The zero-order valence-electron chi connectivity index (χ0n) is 22.0. The average molecular weight is 488 g/mol. The molecule has 0 unspecified atom stereocenters. The molecule has 7 nitrogen and oxygen atoms in total. The highest BCUT2D eigenvalue weighted by atomic mass is 16.5. The molecule has 1 aromatic heterocycles. The van der Waals surface area contributed by atoms with E-state index in [1.807, 2.05) is 23.7 Å². The van der Waals surface area contributed by atoms with E-state index in [9.17, 15) is 4.79 Å². The third-order valence-electron chi connectivity index (χ3n) is 7.17.